The number of aromatic nitrogens is 1. The molecule has 4 aromatic rings. The van der Waals surface area contributed by atoms with E-state index in [0.717, 1.165) is 31.9 Å². The molecule has 0 spiro atoms. The van der Waals surface area contributed by atoms with E-state index in [-0.39, 0.29) is 41.0 Å². The number of rotatable bonds is 9. The molecule has 1 N–H and O–H groups in total. The Morgan fingerprint density at radius 3 is 2.45 bits per heavy atom. The molecule has 9 nitrogen and oxygen atoms in total. The second-order valence-electron chi connectivity index (χ2n) is 16.3. The number of halogens is 1. The summed E-state index contributed by atoms with van der Waals surface area (Å²) in [6, 6.07) is 15.0. The van der Waals surface area contributed by atoms with Crippen molar-refractivity contribution < 1.29 is 33.1 Å². The molecule has 7 rings (SSSR count). The van der Waals surface area contributed by atoms with Crippen molar-refractivity contribution >= 4 is 52.3 Å². The van der Waals surface area contributed by atoms with Crippen LogP contribution in [0.1, 0.15) is 71.6 Å². The Bertz CT molecular complexity index is 2180. The maximum Gasteiger partial charge on any atom is 0.265 e. The highest BCUT2D eigenvalue weighted by atomic mass is 79.9. The first-order valence-corrected chi connectivity index (χ1v) is 21.8. The monoisotopic (exact) mass is 798 g/mol. The molecule has 11 heteroatoms. The lowest BCUT2D eigenvalue weighted by Crippen LogP contribution is -2.68. The van der Waals surface area contributed by atoms with E-state index in [1.165, 1.54) is 0 Å². The minimum Gasteiger partial charge on any atom is -0.507 e. The quantitative estimate of drug-likeness (QED) is 0.101. The molecule has 0 unspecified atom stereocenters. The van der Waals surface area contributed by atoms with Gasteiger partial charge in [-0.2, -0.15) is 0 Å². The van der Waals surface area contributed by atoms with Gasteiger partial charge in [0.15, 0.2) is 19.7 Å². The van der Waals surface area contributed by atoms with E-state index in [9.17, 15) is 5.11 Å². The van der Waals surface area contributed by atoms with E-state index in [4.69, 9.17) is 18.4 Å². The molecule has 53 heavy (non-hydrogen) atoms. The molecule has 3 aliphatic rings. The highest BCUT2D eigenvalue weighted by Crippen LogP contribution is 2.59. The number of nitrogens with zero attached hydrogens (tertiary/aromatic N) is 2. The number of ketones is 2. The number of carbonyl (C=O) groups is 2. The van der Waals surface area contributed by atoms with Crippen LogP contribution in [0.2, 0.25) is 18.1 Å². The molecule has 0 amide bonds. The molecular weight excluding hydrogens is 752 g/mol. The molecule has 4 atom stereocenters. The van der Waals surface area contributed by atoms with E-state index < -0.39 is 43.4 Å². The lowest BCUT2D eigenvalue weighted by Gasteiger charge is -2.55. The Morgan fingerprint density at radius 1 is 1.08 bits per heavy atom. The number of Topliss-reactive ketones (excluding diaryl/α,β-unsaturated/α-hetero) is 2. The fourth-order valence-corrected chi connectivity index (χ4v) is 10.1. The topological polar surface area (TPSA) is 111 Å². The number of hydrogen-bond donors (Lipinski definition) is 1. The van der Waals surface area contributed by atoms with Gasteiger partial charge in [0.2, 0.25) is 11.6 Å². The fourth-order valence-electron chi connectivity index (χ4n) is 8.33. The second kappa shape index (κ2) is 13.4. The third-order valence-corrected chi connectivity index (χ3v) is 16.8. The number of aryl methyl sites for hydroxylation is 1. The summed E-state index contributed by atoms with van der Waals surface area (Å²) in [5.41, 5.74) is 1.47. The third-order valence-electron chi connectivity index (χ3n) is 11.8. The van der Waals surface area contributed by atoms with Crippen LogP contribution in [-0.4, -0.2) is 61.4 Å². The third kappa shape index (κ3) is 5.82. The molecule has 1 saturated carbocycles. The molecule has 3 aromatic carbocycles. The zero-order chi connectivity index (χ0) is 38.2. The van der Waals surface area contributed by atoms with E-state index in [2.05, 4.69) is 48.4 Å². The summed E-state index contributed by atoms with van der Waals surface area (Å²) in [4.78, 5) is 33.2. The number of aliphatic hydroxyl groups excluding tert-OH is 1. The first-order chi connectivity index (χ1) is 25.0. The van der Waals surface area contributed by atoms with Crippen LogP contribution < -0.4 is 9.47 Å². The first kappa shape index (κ1) is 37.3. The summed E-state index contributed by atoms with van der Waals surface area (Å²) >= 11 is 3.61. The van der Waals surface area contributed by atoms with Gasteiger partial charge >= 0.3 is 0 Å². The van der Waals surface area contributed by atoms with Crippen LogP contribution in [-0.2, 0) is 22.2 Å². The van der Waals surface area contributed by atoms with Crippen LogP contribution in [0.15, 0.2) is 75.8 Å². The van der Waals surface area contributed by atoms with E-state index >= 15 is 9.59 Å². The first-order valence-electron chi connectivity index (χ1n) is 18.1. The lowest BCUT2D eigenvalue weighted by atomic mass is 9.57. The predicted octanol–water partition coefficient (Wildman–Crippen LogP) is 9.33. The van der Waals surface area contributed by atoms with Gasteiger partial charge in [0.1, 0.15) is 30.3 Å². The highest BCUT2D eigenvalue weighted by molar-refractivity contribution is 9.10. The summed E-state index contributed by atoms with van der Waals surface area (Å²) < 4.78 is 26.7. The number of fused-ring (bicyclic) bond motifs is 5. The minimum atomic E-state index is -2.87. The average Bonchev–Trinajstić information content (AvgIpc) is 3.51. The Labute approximate surface area is 320 Å². The molecule has 0 saturated heterocycles. The Hall–Kier alpha value is -4.03. The Kier molecular flexibility index (Phi) is 9.41. The van der Waals surface area contributed by atoms with E-state index in [0.29, 0.717) is 29.9 Å². The molecule has 0 radical (unpaired) electrons. The number of benzene rings is 3. The summed E-state index contributed by atoms with van der Waals surface area (Å²) in [6.45, 7) is 16.6. The maximum absolute atomic E-state index is 15.7. The normalized spacial score (nSPS) is 22.7. The van der Waals surface area contributed by atoms with Gasteiger partial charge in [0.05, 0.1) is 6.04 Å². The van der Waals surface area contributed by atoms with E-state index in [1.807, 2.05) is 87.5 Å². The second-order valence-corrected chi connectivity index (χ2v) is 21.9. The Balaban J connectivity index is 1.47. The standard InChI is InChI=1S/C42H47BrN2O7Si/c1-10-18-49-36-27-17-16-26(43)21-28(27)23(2)31-29(36)19-25-20-30-34(45(6)7)37-33(40(44-51-37)50-22-24-14-12-11-13-15-24)39(48)42(30,38(47)32(25)35(31)46)52-53(8,9)41(3,4)5/h10-17,21,25,30,34,46H,1,18-20,22H2,2-9H3/t25-,30-,34-,42-/m0/s1. The highest BCUT2D eigenvalue weighted by Gasteiger charge is 2.69. The summed E-state index contributed by atoms with van der Waals surface area (Å²) in [6.07, 6.45) is 2.49. The van der Waals surface area contributed by atoms with Crippen molar-refractivity contribution in [2.24, 2.45) is 11.8 Å². The van der Waals surface area contributed by atoms with Crippen molar-refractivity contribution in [3.63, 3.8) is 0 Å². The number of ether oxygens (including phenoxy) is 2. The SMILES string of the molecule is C=CCOc1c2c(c(C)c3cc(Br)ccc13)C(O)=C1C(=O)[C@]3(O[Si](C)(C)C(C)(C)C)C(=O)c4c(OCc5ccccc5)noc4[C@@H](N(C)C)[C@@H]3C[C@@H]1C2. The zero-order valence-electron chi connectivity index (χ0n) is 31.6. The predicted molar refractivity (Wildman–Crippen MR) is 211 cm³/mol. The van der Waals surface area contributed by atoms with Crippen molar-refractivity contribution in [1.82, 2.24) is 10.1 Å². The molecule has 1 fully saturated rings. The van der Waals surface area contributed by atoms with Gasteiger partial charge in [0.25, 0.3) is 5.88 Å². The number of carbonyl (C=O) groups excluding carboxylic acids is 2. The van der Waals surface area contributed by atoms with Gasteiger partial charge in [-0.1, -0.05) is 79.7 Å². The average molecular weight is 800 g/mol. The molecular formula is C42H47BrN2O7Si. The largest absolute Gasteiger partial charge is 0.507 e. The summed E-state index contributed by atoms with van der Waals surface area (Å²) in [5, 5.41) is 18.2. The van der Waals surface area contributed by atoms with Gasteiger partial charge in [0, 0.05) is 32.5 Å². The number of aliphatic hydroxyl groups is 1. The van der Waals surface area contributed by atoms with Crippen molar-refractivity contribution in [3.8, 4) is 11.6 Å². The Morgan fingerprint density at radius 2 is 1.79 bits per heavy atom. The van der Waals surface area contributed by atoms with Crippen LogP contribution in [0.25, 0.3) is 16.5 Å². The summed E-state index contributed by atoms with van der Waals surface area (Å²) in [7, 11) is 0.953. The van der Waals surface area contributed by atoms with Crippen molar-refractivity contribution in [2.45, 2.75) is 76.9 Å². The molecule has 278 valence electrons. The van der Waals surface area contributed by atoms with Crippen molar-refractivity contribution in [2.75, 3.05) is 20.7 Å². The smallest absolute Gasteiger partial charge is 0.265 e. The fraction of sp³-hybridized carbons (Fsp3) is 0.405. The van der Waals surface area contributed by atoms with Gasteiger partial charge < -0.3 is 23.5 Å². The van der Waals surface area contributed by atoms with Crippen LogP contribution in [0, 0.1) is 18.8 Å². The van der Waals surface area contributed by atoms with Crippen molar-refractivity contribution in [1.29, 1.82) is 0 Å². The molecule has 0 bridgehead atoms. The van der Waals surface area contributed by atoms with Crippen LogP contribution in [0.4, 0.5) is 0 Å². The van der Waals surface area contributed by atoms with Crippen LogP contribution in [0.3, 0.4) is 0 Å². The molecule has 3 aliphatic carbocycles. The molecule has 1 heterocycles. The van der Waals surface area contributed by atoms with Gasteiger partial charge in [-0.25, -0.2) is 0 Å². The zero-order valence-corrected chi connectivity index (χ0v) is 34.2. The lowest BCUT2D eigenvalue weighted by molar-refractivity contribution is -0.140. The molecule has 0 aliphatic heterocycles. The minimum absolute atomic E-state index is 0.0244. The van der Waals surface area contributed by atoms with E-state index in [1.54, 1.807) is 6.08 Å². The van der Waals surface area contributed by atoms with Gasteiger partial charge in [-0.15, -0.1) is 0 Å². The van der Waals surface area contributed by atoms with Crippen molar-refractivity contribution in [3.05, 3.63) is 105 Å². The van der Waals surface area contributed by atoms with Gasteiger partial charge in [-0.05, 0) is 97.8 Å². The maximum atomic E-state index is 15.7. The number of hydrogen-bond acceptors (Lipinski definition) is 9. The van der Waals surface area contributed by atoms with Gasteiger partial charge in [-0.3, -0.25) is 14.5 Å². The molecule has 1 aromatic heterocycles. The summed E-state index contributed by atoms with van der Waals surface area (Å²) in [5.74, 6) is -1.23. The van der Waals surface area contributed by atoms with Crippen LogP contribution >= 0.6 is 15.9 Å². The van der Waals surface area contributed by atoms with Crippen LogP contribution in [0.5, 0.6) is 11.6 Å².